The molecule has 2 heterocycles. The average Bonchev–Trinajstić information content (AvgIpc) is 3.68. The monoisotopic (exact) mass is 886 g/mol. The van der Waals surface area contributed by atoms with Gasteiger partial charge in [0.05, 0.1) is 24.9 Å². The van der Waals surface area contributed by atoms with Crippen molar-refractivity contribution in [2.45, 2.75) is 76.9 Å². The van der Waals surface area contributed by atoms with Gasteiger partial charge in [-0.1, -0.05) is 125 Å². The number of fused-ring (bicyclic) bond motifs is 4. The average molecular weight is 886 g/mol. The van der Waals surface area contributed by atoms with Crippen LogP contribution in [0, 0.1) is 12.1 Å². The number of imidazole rings is 1. The second-order valence-corrected chi connectivity index (χ2v) is 21.0. The van der Waals surface area contributed by atoms with E-state index in [0.717, 1.165) is 45.3 Å². The molecule has 269 valence electrons. The molecule has 5 heteroatoms. The molecule has 0 spiro atoms. The summed E-state index contributed by atoms with van der Waals surface area (Å²) in [5.74, 6) is 1.66. The summed E-state index contributed by atoms with van der Waals surface area (Å²) in [5.41, 5.74) is 13.3. The second-order valence-electron chi connectivity index (χ2n) is 16.0. The molecule has 0 amide bonds. The van der Waals surface area contributed by atoms with Gasteiger partial charge in [-0.2, -0.15) is 0 Å². The third-order valence-corrected chi connectivity index (χ3v) is 13.1. The molecule has 0 saturated heterocycles. The van der Waals surface area contributed by atoms with E-state index in [2.05, 4.69) is 153 Å². The Morgan fingerprint density at radius 3 is 2.19 bits per heavy atom. The van der Waals surface area contributed by atoms with E-state index >= 15 is 0 Å². The predicted molar refractivity (Wildman–Crippen MR) is 220 cm³/mol. The van der Waals surface area contributed by atoms with Gasteiger partial charge in [0.15, 0.2) is 0 Å². The number of aromatic nitrogens is 3. The number of para-hydroxylation sites is 3. The third kappa shape index (κ3) is 7.15. The summed E-state index contributed by atoms with van der Waals surface area (Å²) in [6.45, 7) is 11.9. The summed E-state index contributed by atoms with van der Waals surface area (Å²) in [7, 11) is -1.36. The van der Waals surface area contributed by atoms with E-state index in [1.807, 2.05) is 24.3 Å². The zero-order valence-electron chi connectivity index (χ0n) is 31.4. The molecule has 2 aromatic heterocycles. The normalized spacial score (nSPS) is 14.8. The summed E-state index contributed by atoms with van der Waals surface area (Å²) >= 11 is 0. The van der Waals surface area contributed by atoms with Gasteiger partial charge in [-0.3, -0.25) is 4.98 Å². The van der Waals surface area contributed by atoms with Crippen molar-refractivity contribution in [3.63, 3.8) is 0 Å². The first-order valence-corrected chi connectivity index (χ1v) is 22.4. The molecule has 9 rings (SSSR count). The molecule has 0 aliphatic heterocycles. The van der Waals surface area contributed by atoms with Crippen LogP contribution in [0.5, 0.6) is 0 Å². The number of pyridine rings is 1. The van der Waals surface area contributed by atoms with Crippen LogP contribution >= 0.6 is 0 Å². The van der Waals surface area contributed by atoms with Crippen molar-refractivity contribution < 1.29 is 20.1 Å². The first-order chi connectivity index (χ1) is 25.2. The molecule has 0 bridgehead atoms. The van der Waals surface area contributed by atoms with Crippen molar-refractivity contribution in [1.82, 2.24) is 14.5 Å². The van der Waals surface area contributed by atoms with Crippen LogP contribution in [0.25, 0.3) is 50.5 Å². The third-order valence-electron chi connectivity index (χ3n) is 11.1. The molecule has 3 nitrogen and oxygen atoms in total. The van der Waals surface area contributed by atoms with Crippen LogP contribution in [-0.2, 0) is 25.5 Å². The summed E-state index contributed by atoms with van der Waals surface area (Å²) in [6, 6.07) is 49.3. The fourth-order valence-corrected chi connectivity index (χ4v) is 9.96. The fraction of sp³-hybridized carbons (Fsp3) is 0.250. The van der Waals surface area contributed by atoms with Gasteiger partial charge in [0.25, 0.3) is 0 Å². The molecule has 5 aromatic carbocycles. The topological polar surface area (TPSA) is 30.7 Å². The standard InChI is InChI=1S/C28H21N2.C20H26NSi.Ir/c1-28(2)23-13-7-6-12-21(23)22-18-19(16-17-24(22)28)27-29-25-14-8-9-15-26(25)30(27)20-10-4-3-5-11-20;1-22(2,3)20-15-21-19(17-12-8-5-9-13-17)14-18(20)16-10-6-4-7-11-16;/h3-15,17-18H,1-2H3;5,8-9,12,14-16H,4,6-7,10-11H2,1-3H3;/q2*-1;. The van der Waals surface area contributed by atoms with E-state index in [-0.39, 0.29) is 25.5 Å². The Morgan fingerprint density at radius 1 is 0.717 bits per heavy atom. The van der Waals surface area contributed by atoms with Crippen LogP contribution in [0.15, 0.2) is 128 Å². The number of hydrogen-bond donors (Lipinski definition) is 0. The van der Waals surface area contributed by atoms with Crippen LogP contribution in [0.4, 0.5) is 0 Å². The van der Waals surface area contributed by atoms with Crippen LogP contribution in [0.1, 0.15) is 68.6 Å². The Hall–Kier alpha value is -4.41. The maximum Gasteiger partial charge on any atom is 0.0799 e. The number of hydrogen-bond acceptors (Lipinski definition) is 2. The molecule has 1 radical (unpaired) electrons. The summed E-state index contributed by atoms with van der Waals surface area (Å²) in [4.78, 5) is 9.78. The van der Waals surface area contributed by atoms with E-state index in [1.54, 1.807) is 10.8 Å². The van der Waals surface area contributed by atoms with Crippen molar-refractivity contribution in [2.24, 2.45) is 0 Å². The molecule has 2 aliphatic carbocycles. The molecule has 1 saturated carbocycles. The maximum atomic E-state index is 5.01. The van der Waals surface area contributed by atoms with Crippen molar-refractivity contribution in [3.05, 3.63) is 156 Å². The largest absolute Gasteiger partial charge is 0.333 e. The zero-order valence-corrected chi connectivity index (χ0v) is 34.8. The van der Waals surface area contributed by atoms with Crippen molar-refractivity contribution in [2.75, 3.05) is 0 Å². The van der Waals surface area contributed by atoms with Gasteiger partial charge >= 0.3 is 0 Å². The molecule has 0 N–H and O–H groups in total. The van der Waals surface area contributed by atoms with Gasteiger partial charge in [0.2, 0.25) is 0 Å². The first-order valence-electron chi connectivity index (χ1n) is 18.9. The van der Waals surface area contributed by atoms with E-state index in [4.69, 9.17) is 9.97 Å². The summed E-state index contributed by atoms with van der Waals surface area (Å²) < 4.78 is 2.24. The molecule has 53 heavy (non-hydrogen) atoms. The molecule has 0 unspecified atom stereocenters. The van der Waals surface area contributed by atoms with Gasteiger partial charge in [-0.15, -0.1) is 65.2 Å². The molecule has 7 aromatic rings. The Balaban J connectivity index is 0.000000169. The first kappa shape index (κ1) is 36.9. The van der Waals surface area contributed by atoms with E-state index in [9.17, 15) is 0 Å². The number of nitrogens with zero attached hydrogens (tertiary/aromatic N) is 3. The second kappa shape index (κ2) is 15.1. The van der Waals surface area contributed by atoms with Crippen molar-refractivity contribution in [1.29, 1.82) is 0 Å². The smallest absolute Gasteiger partial charge is 0.0799 e. The van der Waals surface area contributed by atoms with Gasteiger partial charge in [0.1, 0.15) is 0 Å². The van der Waals surface area contributed by atoms with Crippen molar-refractivity contribution >= 4 is 24.3 Å². The summed E-state index contributed by atoms with van der Waals surface area (Å²) in [5, 5.41) is 1.55. The van der Waals surface area contributed by atoms with Crippen LogP contribution < -0.4 is 5.19 Å². The van der Waals surface area contributed by atoms with Gasteiger partial charge in [-0.25, -0.2) is 0 Å². The van der Waals surface area contributed by atoms with Crippen molar-refractivity contribution in [3.8, 4) is 39.5 Å². The number of benzene rings is 5. The van der Waals surface area contributed by atoms with Crippen LogP contribution in [0.2, 0.25) is 19.6 Å². The van der Waals surface area contributed by atoms with Gasteiger partial charge < -0.3 is 9.55 Å². The van der Waals surface area contributed by atoms with E-state index in [0.29, 0.717) is 0 Å². The maximum absolute atomic E-state index is 5.01. The minimum absolute atomic E-state index is 0. The van der Waals surface area contributed by atoms with E-state index < -0.39 is 8.07 Å². The molecule has 1 fully saturated rings. The SMILES string of the molecule is CC1(C)c2c[c-]c(-c3nc4ccccc4n3-c3ccccc3)cc2-c2ccccc21.C[Si](C)(C)c1cnc(-c2[c-]cccc2)cc1C1CCCCC1.[Ir]. The molecular weight excluding hydrogens is 839 g/mol. The quantitative estimate of drug-likeness (QED) is 0.127. The Labute approximate surface area is 329 Å². The Kier molecular flexibility index (Phi) is 10.5. The van der Waals surface area contributed by atoms with Gasteiger partial charge in [0, 0.05) is 32.0 Å². The fourth-order valence-electron chi connectivity index (χ4n) is 8.36. The van der Waals surface area contributed by atoms with Crippen LogP contribution in [0.3, 0.4) is 0 Å². The predicted octanol–water partition coefficient (Wildman–Crippen LogP) is 11.9. The Morgan fingerprint density at radius 2 is 1.43 bits per heavy atom. The minimum atomic E-state index is -1.36. The molecule has 2 aliphatic rings. The number of rotatable bonds is 5. The van der Waals surface area contributed by atoms with E-state index in [1.165, 1.54) is 54.4 Å². The molecule has 0 atom stereocenters. The summed E-state index contributed by atoms with van der Waals surface area (Å²) in [6.07, 6.45) is 9.03. The zero-order chi connectivity index (χ0) is 35.9. The Bertz CT molecular complexity index is 2350. The minimum Gasteiger partial charge on any atom is -0.333 e. The van der Waals surface area contributed by atoms with Gasteiger partial charge in [-0.05, 0) is 70.4 Å². The molecular formula is C48H47IrN3Si-2. The van der Waals surface area contributed by atoms with Crippen LogP contribution in [-0.4, -0.2) is 22.6 Å².